The Morgan fingerprint density at radius 2 is 1.79 bits per heavy atom. The molecule has 0 atom stereocenters. The fourth-order valence-electron chi connectivity index (χ4n) is 3.71. The van der Waals surface area contributed by atoms with E-state index in [1.807, 2.05) is 35.9 Å². The molecule has 0 saturated carbocycles. The standard InChI is InChI=1S/C26H25N3O4S/c1-18-16-29(17-27-18)24-13-12-23(15-25(24)33-3)28-34(31,32)26-7-5-4-6-22(26)14-20-8-10-21(11-9-20)19(2)30/h4-13,15-17,28H,14H2,1-3H3. The normalized spacial score (nSPS) is 11.3. The molecular weight excluding hydrogens is 450 g/mol. The number of hydrogen-bond acceptors (Lipinski definition) is 5. The van der Waals surface area contributed by atoms with Gasteiger partial charge in [0.25, 0.3) is 10.0 Å². The Morgan fingerprint density at radius 3 is 2.44 bits per heavy atom. The molecule has 8 heteroatoms. The first-order chi connectivity index (χ1) is 16.3. The van der Waals surface area contributed by atoms with Crippen molar-refractivity contribution < 1.29 is 17.9 Å². The van der Waals surface area contributed by atoms with E-state index in [0.717, 1.165) is 16.9 Å². The Balaban J connectivity index is 1.61. The van der Waals surface area contributed by atoms with Crippen molar-refractivity contribution >= 4 is 21.5 Å². The fraction of sp³-hybridized carbons (Fsp3) is 0.154. The molecule has 4 aromatic rings. The molecule has 0 aliphatic rings. The Labute approximate surface area is 199 Å². The first-order valence-corrected chi connectivity index (χ1v) is 12.1. The number of benzene rings is 3. The molecule has 174 valence electrons. The number of ketones is 1. The number of carbonyl (C=O) groups excluding carboxylic acids is 1. The summed E-state index contributed by atoms with van der Waals surface area (Å²) in [7, 11) is -2.33. The van der Waals surface area contributed by atoms with Gasteiger partial charge in [-0.25, -0.2) is 13.4 Å². The first kappa shape index (κ1) is 23.3. The van der Waals surface area contributed by atoms with Crippen LogP contribution in [0.1, 0.15) is 34.1 Å². The van der Waals surface area contributed by atoms with E-state index < -0.39 is 10.0 Å². The molecule has 0 fully saturated rings. The highest BCUT2D eigenvalue weighted by atomic mass is 32.2. The van der Waals surface area contributed by atoms with Gasteiger partial charge in [0, 0.05) is 17.8 Å². The van der Waals surface area contributed by atoms with Crippen LogP contribution in [0.15, 0.2) is 84.1 Å². The van der Waals surface area contributed by atoms with E-state index in [9.17, 15) is 13.2 Å². The maximum absolute atomic E-state index is 13.3. The molecule has 4 rings (SSSR count). The molecule has 0 spiro atoms. The predicted octanol–water partition coefficient (Wildman–Crippen LogP) is 4.78. The van der Waals surface area contributed by atoms with Gasteiger partial charge in [-0.15, -0.1) is 0 Å². The summed E-state index contributed by atoms with van der Waals surface area (Å²) in [5.41, 5.74) is 4.18. The molecular formula is C26H25N3O4S. The van der Waals surface area contributed by atoms with Gasteiger partial charge in [0.1, 0.15) is 5.75 Å². The fourth-order valence-corrected chi connectivity index (χ4v) is 5.00. The minimum atomic E-state index is -3.86. The number of rotatable bonds is 8. The van der Waals surface area contributed by atoms with Crippen LogP contribution in [0.4, 0.5) is 5.69 Å². The number of imidazole rings is 1. The van der Waals surface area contributed by atoms with Gasteiger partial charge in [-0.1, -0.05) is 42.5 Å². The van der Waals surface area contributed by atoms with Gasteiger partial charge in [0.2, 0.25) is 0 Å². The lowest BCUT2D eigenvalue weighted by atomic mass is 10.0. The number of methoxy groups -OCH3 is 1. The Hall–Kier alpha value is -3.91. The molecule has 1 heterocycles. The number of Topliss-reactive ketones (excluding diaryl/α,β-unsaturated/α-hetero) is 1. The second-order valence-electron chi connectivity index (χ2n) is 7.95. The van der Waals surface area contributed by atoms with Gasteiger partial charge in [0.05, 0.1) is 35.4 Å². The number of hydrogen-bond donors (Lipinski definition) is 1. The molecule has 3 aromatic carbocycles. The minimum Gasteiger partial charge on any atom is -0.494 e. The summed E-state index contributed by atoms with van der Waals surface area (Å²) >= 11 is 0. The molecule has 0 radical (unpaired) electrons. The van der Waals surface area contributed by atoms with E-state index in [0.29, 0.717) is 29.0 Å². The largest absolute Gasteiger partial charge is 0.494 e. The van der Waals surface area contributed by atoms with Crippen LogP contribution in [0.25, 0.3) is 5.69 Å². The van der Waals surface area contributed by atoms with E-state index in [1.54, 1.807) is 54.9 Å². The van der Waals surface area contributed by atoms with Crippen LogP contribution >= 0.6 is 0 Å². The van der Waals surface area contributed by atoms with Crippen LogP contribution in [-0.2, 0) is 16.4 Å². The second-order valence-corrected chi connectivity index (χ2v) is 9.60. The zero-order valence-electron chi connectivity index (χ0n) is 19.1. The third-order valence-corrected chi connectivity index (χ3v) is 6.92. The van der Waals surface area contributed by atoms with Crippen LogP contribution in [-0.4, -0.2) is 30.9 Å². The molecule has 0 aliphatic heterocycles. The number of aryl methyl sites for hydroxylation is 1. The molecule has 7 nitrogen and oxygen atoms in total. The molecule has 34 heavy (non-hydrogen) atoms. The van der Waals surface area contributed by atoms with E-state index in [4.69, 9.17) is 4.74 Å². The van der Waals surface area contributed by atoms with Gasteiger partial charge in [-0.3, -0.25) is 9.52 Å². The zero-order chi connectivity index (χ0) is 24.3. The van der Waals surface area contributed by atoms with Crippen molar-refractivity contribution in [3.8, 4) is 11.4 Å². The Kier molecular flexibility index (Phi) is 6.51. The minimum absolute atomic E-state index is 0.0108. The maximum atomic E-state index is 13.3. The monoisotopic (exact) mass is 475 g/mol. The van der Waals surface area contributed by atoms with Gasteiger partial charge in [0.15, 0.2) is 5.78 Å². The molecule has 0 amide bonds. The molecule has 0 aliphatic carbocycles. The van der Waals surface area contributed by atoms with Crippen molar-refractivity contribution in [2.45, 2.75) is 25.2 Å². The highest BCUT2D eigenvalue weighted by Gasteiger charge is 2.19. The summed E-state index contributed by atoms with van der Waals surface area (Å²) in [4.78, 5) is 15.9. The summed E-state index contributed by atoms with van der Waals surface area (Å²) in [6.07, 6.45) is 3.95. The summed E-state index contributed by atoms with van der Waals surface area (Å²) in [6, 6.07) is 19.2. The molecule has 0 unspecified atom stereocenters. The summed E-state index contributed by atoms with van der Waals surface area (Å²) in [5.74, 6) is 0.500. The van der Waals surface area contributed by atoms with Crippen molar-refractivity contribution in [3.63, 3.8) is 0 Å². The van der Waals surface area contributed by atoms with E-state index in [2.05, 4.69) is 9.71 Å². The number of sulfonamides is 1. The quantitative estimate of drug-likeness (QED) is 0.370. The molecule has 1 N–H and O–H groups in total. The Morgan fingerprint density at radius 1 is 1.06 bits per heavy atom. The van der Waals surface area contributed by atoms with Crippen LogP contribution in [0.3, 0.4) is 0 Å². The Bertz CT molecular complexity index is 1440. The van der Waals surface area contributed by atoms with Gasteiger partial charge in [-0.2, -0.15) is 0 Å². The van der Waals surface area contributed by atoms with Crippen LogP contribution < -0.4 is 9.46 Å². The van der Waals surface area contributed by atoms with Gasteiger partial charge in [-0.05, 0) is 49.6 Å². The third-order valence-electron chi connectivity index (χ3n) is 5.44. The van der Waals surface area contributed by atoms with E-state index in [-0.39, 0.29) is 10.7 Å². The number of ether oxygens (including phenoxy) is 1. The van der Waals surface area contributed by atoms with Crippen LogP contribution in [0.2, 0.25) is 0 Å². The topological polar surface area (TPSA) is 90.3 Å². The van der Waals surface area contributed by atoms with Crippen LogP contribution in [0.5, 0.6) is 5.75 Å². The molecule has 1 aromatic heterocycles. The maximum Gasteiger partial charge on any atom is 0.262 e. The lowest BCUT2D eigenvalue weighted by Gasteiger charge is -2.15. The second kappa shape index (κ2) is 9.52. The third kappa shape index (κ3) is 5.02. The summed E-state index contributed by atoms with van der Waals surface area (Å²) in [5, 5.41) is 0. The lowest BCUT2D eigenvalue weighted by molar-refractivity contribution is 0.101. The average Bonchev–Trinajstić information content (AvgIpc) is 3.25. The van der Waals surface area contributed by atoms with Crippen molar-refractivity contribution in [1.82, 2.24) is 9.55 Å². The number of nitrogens with one attached hydrogen (secondary N) is 1. The summed E-state index contributed by atoms with van der Waals surface area (Å²) in [6.45, 7) is 3.40. The van der Waals surface area contributed by atoms with Crippen molar-refractivity contribution in [1.29, 1.82) is 0 Å². The first-order valence-electron chi connectivity index (χ1n) is 10.7. The predicted molar refractivity (Wildman–Crippen MR) is 131 cm³/mol. The lowest BCUT2D eigenvalue weighted by Crippen LogP contribution is -2.15. The molecule has 0 saturated heterocycles. The molecule has 0 bridgehead atoms. The van der Waals surface area contributed by atoms with E-state index in [1.165, 1.54) is 14.0 Å². The van der Waals surface area contributed by atoms with Crippen molar-refractivity contribution in [2.24, 2.45) is 0 Å². The van der Waals surface area contributed by atoms with Crippen molar-refractivity contribution in [2.75, 3.05) is 11.8 Å². The summed E-state index contributed by atoms with van der Waals surface area (Å²) < 4.78 is 36.6. The van der Waals surface area contributed by atoms with E-state index >= 15 is 0 Å². The average molecular weight is 476 g/mol. The number of nitrogens with zero attached hydrogens (tertiary/aromatic N) is 2. The van der Waals surface area contributed by atoms with Gasteiger partial charge >= 0.3 is 0 Å². The smallest absolute Gasteiger partial charge is 0.262 e. The highest BCUT2D eigenvalue weighted by molar-refractivity contribution is 7.92. The number of aromatic nitrogens is 2. The highest BCUT2D eigenvalue weighted by Crippen LogP contribution is 2.29. The zero-order valence-corrected chi connectivity index (χ0v) is 20.0. The van der Waals surface area contributed by atoms with Crippen molar-refractivity contribution in [3.05, 3.63) is 102 Å². The van der Waals surface area contributed by atoms with Gasteiger partial charge < -0.3 is 9.30 Å². The number of anilines is 1. The number of carbonyl (C=O) groups is 1. The SMILES string of the molecule is COc1cc(NS(=O)(=O)c2ccccc2Cc2ccc(C(C)=O)cc2)ccc1-n1cnc(C)c1. The van der Waals surface area contributed by atoms with Crippen LogP contribution in [0, 0.1) is 6.92 Å².